The van der Waals surface area contributed by atoms with Gasteiger partial charge in [-0.25, -0.2) is 4.79 Å². The summed E-state index contributed by atoms with van der Waals surface area (Å²) in [5, 5.41) is 12.1. The first kappa shape index (κ1) is 14.0. The molecule has 0 saturated carbocycles. The van der Waals surface area contributed by atoms with Gasteiger partial charge in [-0.1, -0.05) is 0 Å². The summed E-state index contributed by atoms with van der Waals surface area (Å²) in [7, 11) is 0. The molecule has 0 bridgehead atoms. The Morgan fingerprint density at radius 3 is 2.88 bits per heavy atom. The molecule has 0 aliphatic heterocycles. The summed E-state index contributed by atoms with van der Waals surface area (Å²) < 4.78 is 0. The molecule has 0 spiro atoms. The fourth-order valence-corrected chi connectivity index (χ4v) is 1.92. The third-order valence-corrected chi connectivity index (χ3v) is 3.10. The van der Waals surface area contributed by atoms with E-state index >= 15 is 0 Å². The van der Waals surface area contributed by atoms with Gasteiger partial charge in [0.05, 0.1) is 11.3 Å². The van der Waals surface area contributed by atoms with Gasteiger partial charge < -0.3 is 10.4 Å². The van der Waals surface area contributed by atoms with Crippen molar-refractivity contribution in [2.24, 2.45) is 0 Å². The van der Waals surface area contributed by atoms with Gasteiger partial charge in [-0.3, -0.25) is 4.98 Å². The Labute approximate surface area is 106 Å². The number of nitrogens with zero attached hydrogens (tertiary/aromatic N) is 1. The van der Waals surface area contributed by atoms with Crippen LogP contribution in [0.2, 0.25) is 0 Å². The minimum atomic E-state index is -0.939. The van der Waals surface area contributed by atoms with Crippen LogP contribution in [0.1, 0.15) is 29.4 Å². The van der Waals surface area contributed by atoms with E-state index in [0.717, 1.165) is 17.9 Å². The number of pyridine rings is 1. The fraction of sp³-hybridized carbons (Fsp3) is 0.500. The topological polar surface area (TPSA) is 62.2 Å². The van der Waals surface area contributed by atoms with E-state index in [1.54, 1.807) is 12.1 Å². The normalized spacial score (nSPS) is 12.4. The Hall–Kier alpha value is -1.07. The van der Waals surface area contributed by atoms with E-state index in [2.05, 4.69) is 23.5 Å². The highest BCUT2D eigenvalue weighted by atomic mass is 32.2. The molecule has 1 heterocycles. The highest BCUT2D eigenvalue weighted by Crippen LogP contribution is 2.03. The van der Waals surface area contributed by atoms with E-state index in [1.165, 1.54) is 6.20 Å². The lowest BCUT2D eigenvalue weighted by atomic mass is 10.2. The highest BCUT2D eigenvalue weighted by molar-refractivity contribution is 7.98. The number of rotatable bonds is 7. The summed E-state index contributed by atoms with van der Waals surface area (Å²) >= 11 is 1.84. The monoisotopic (exact) mass is 254 g/mol. The third kappa shape index (κ3) is 5.19. The van der Waals surface area contributed by atoms with E-state index in [0.29, 0.717) is 12.6 Å². The second-order valence-corrected chi connectivity index (χ2v) is 4.89. The molecule has 1 atom stereocenters. The molecule has 1 rings (SSSR count). The number of carboxylic acids is 1. The molecule has 0 aromatic carbocycles. The van der Waals surface area contributed by atoms with Crippen molar-refractivity contribution < 1.29 is 9.90 Å². The maximum atomic E-state index is 10.6. The molecule has 0 aliphatic carbocycles. The van der Waals surface area contributed by atoms with Crippen LogP contribution >= 0.6 is 11.8 Å². The van der Waals surface area contributed by atoms with Crippen LogP contribution in [0.3, 0.4) is 0 Å². The molecule has 17 heavy (non-hydrogen) atoms. The standard InChI is InChI=1S/C12H18N2O2S/c1-9(5-6-17-2)13-8-11-4-3-10(7-14-11)12(15)16/h3-4,7,9,13H,5-6,8H2,1-2H3,(H,15,16). The Kier molecular flexibility index (Phi) is 6.00. The second-order valence-electron chi connectivity index (χ2n) is 3.91. The summed E-state index contributed by atoms with van der Waals surface area (Å²) in [6.45, 7) is 2.82. The summed E-state index contributed by atoms with van der Waals surface area (Å²) in [5.41, 5.74) is 1.09. The van der Waals surface area contributed by atoms with Crippen molar-refractivity contribution in [2.75, 3.05) is 12.0 Å². The number of hydrogen-bond acceptors (Lipinski definition) is 4. The molecule has 0 fully saturated rings. The molecular formula is C12H18N2O2S. The Morgan fingerprint density at radius 2 is 2.35 bits per heavy atom. The number of hydrogen-bond donors (Lipinski definition) is 2. The van der Waals surface area contributed by atoms with Gasteiger partial charge in [0.15, 0.2) is 0 Å². The predicted octanol–water partition coefficient (Wildman–Crippen LogP) is 2.01. The fourth-order valence-electron chi connectivity index (χ4n) is 1.33. The van der Waals surface area contributed by atoms with Gasteiger partial charge in [-0.05, 0) is 37.5 Å². The summed E-state index contributed by atoms with van der Waals surface area (Å²) in [6.07, 6.45) is 4.61. The van der Waals surface area contributed by atoms with Crippen LogP contribution in [-0.4, -0.2) is 34.1 Å². The molecule has 4 nitrogen and oxygen atoms in total. The van der Waals surface area contributed by atoms with E-state index in [9.17, 15) is 4.79 Å². The van der Waals surface area contributed by atoms with Crippen molar-refractivity contribution in [1.29, 1.82) is 0 Å². The van der Waals surface area contributed by atoms with Crippen molar-refractivity contribution >= 4 is 17.7 Å². The Morgan fingerprint density at radius 1 is 1.59 bits per heavy atom. The van der Waals surface area contributed by atoms with Crippen molar-refractivity contribution in [3.05, 3.63) is 29.6 Å². The van der Waals surface area contributed by atoms with Crippen LogP contribution in [0, 0.1) is 0 Å². The lowest BCUT2D eigenvalue weighted by Gasteiger charge is -2.12. The number of aromatic carboxylic acids is 1. The number of thioether (sulfide) groups is 1. The van der Waals surface area contributed by atoms with E-state index < -0.39 is 5.97 Å². The smallest absolute Gasteiger partial charge is 0.337 e. The maximum Gasteiger partial charge on any atom is 0.337 e. The third-order valence-electron chi connectivity index (χ3n) is 2.46. The molecule has 94 valence electrons. The van der Waals surface area contributed by atoms with Crippen LogP contribution < -0.4 is 5.32 Å². The molecule has 2 N–H and O–H groups in total. The number of carbonyl (C=O) groups is 1. The van der Waals surface area contributed by atoms with Crippen molar-refractivity contribution in [2.45, 2.75) is 25.9 Å². The van der Waals surface area contributed by atoms with Gasteiger partial charge >= 0.3 is 5.97 Å². The van der Waals surface area contributed by atoms with Gasteiger partial charge in [-0.2, -0.15) is 11.8 Å². The molecule has 1 aromatic rings. The zero-order chi connectivity index (χ0) is 12.7. The van der Waals surface area contributed by atoms with Crippen LogP contribution in [0.25, 0.3) is 0 Å². The Bertz CT molecular complexity index is 354. The van der Waals surface area contributed by atoms with Gasteiger partial charge in [0.1, 0.15) is 0 Å². The van der Waals surface area contributed by atoms with Gasteiger partial charge in [-0.15, -0.1) is 0 Å². The molecule has 0 saturated heterocycles. The zero-order valence-corrected chi connectivity index (χ0v) is 11.0. The minimum absolute atomic E-state index is 0.226. The van der Waals surface area contributed by atoms with Gasteiger partial charge in [0, 0.05) is 18.8 Å². The molecule has 0 radical (unpaired) electrons. The lowest BCUT2D eigenvalue weighted by Crippen LogP contribution is -2.26. The molecule has 1 aromatic heterocycles. The van der Waals surface area contributed by atoms with Crippen LogP contribution in [0.15, 0.2) is 18.3 Å². The van der Waals surface area contributed by atoms with Crippen LogP contribution in [-0.2, 0) is 6.54 Å². The quantitative estimate of drug-likeness (QED) is 0.779. The van der Waals surface area contributed by atoms with Crippen LogP contribution in [0.4, 0.5) is 0 Å². The average molecular weight is 254 g/mol. The maximum absolute atomic E-state index is 10.6. The van der Waals surface area contributed by atoms with Crippen molar-refractivity contribution in [3.8, 4) is 0 Å². The molecule has 0 amide bonds. The summed E-state index contributed by atoms with van der Waals surface area (Å²) in [6, 6.07) is 3.78. The summed E-state index contributed by atoms with van der Waals surface area (Å²) in [4.78, 5) is 14.7. The van der Waals surface area contributed by atoms with E-state index in [-0.39, 0.29) is 5.56 Å². The molecular weight excluding hydrogens is 236 g/mol. The van der Waals surface area contributed by atoms with E-state index in [1.807, 2.05) is 11.8 Å². The molecule has 5 heteroatoms. The van der Waals surface area contributed by atoms with Gasteiger partial charge in [0.25, 0.3) is 0 Å². The first-order valence-corrected chi connectivity index (χ1v) is 6.93. The molecule has 0 aliphatic rings. The van der Waals surface area contributed by atoms with Crippen LogP contribution in [0.5, 0.6) is 0 Å². The zero-order valence-electron chi connectivity index (χ0n) is 10.1. The average Bonchev–Trinajstić information content (AvgIpc) is 2.34. The highest BCUT2D eigenvalue weighted by Gasteiger charge is 2.04. The number of carboxylic acid groups (broad SMARTS) is 1. The van der Waals surface area contributed by atoms with E-state index in [4.69, 9.17) is 5.11 Å². The lowest BCUT2D eigenvalue weighted by molar-refractivity contribution is 0.0696. The minimum Gasteiger partial charge on any atom is -0.478 e. The first-order valence-electron chi connectivity index (χ1n) is 5.54. The largest absolute Gasteiger partial charge is 0.478 e. The second kappa shape index (κ2) is 7.29. The SMILES string of the molecule is CSCCC(C)NCc1ccc(C(=O)O)cn1. The molecule has 1 unspecified atom stereocenters. The number of nitrogens with one attached hydrogen (secondary N) is 1. The predicted molar refractivity (Wildman–Crippen MR) is 70.5 cm³/mol. The first-order chi connectivity index (χ1) is 8.13. The number of aromatic nitrogens is 1. The van der Waals surface area contributed by atoms with Crippen molar-refractivity contribution in [3.63, 3.8) is 0 Å². The Balaban J connectivity index is 2.39. The van der Waals surface area contributed by atoms with Gasteiger partial charge in [0.2, 0.25) is 0 Å². The van der Waals surface area contributed by atoms with Crippen molar-refractivity contribution in [1.82, 2.24) is 10.3 Å². The summed E-state index contributed by atoms with van der Waals surface area (Å²) in [5.74, 6) is 0.199.